The van der Waals surface area contributed by atoms with Crippen molar-refractivity contribution < 1.29 is 4.74 Å². The van der Waals surface area contributed by atoms with E-state index in [0.29, 0.717) is 12.5 Å². The standard InChI is InChI=1S/C10H8BrN3O/c11-9-1-2-14-10(3-9)15-6-8-4-12-7-13-5-8/h1-5,7H,6H2. The Labute approximate surface area is 95.5 Å². The summed E-state index contributed by atoms with van der Waals surface area (Å²) in [6.45, 7) is 0.421. The van der Waals surface area contributed by atoms with E-state index in [1.54, 1.807) is 18.6 Å². The van der Waals surface area contributed by atoms with E-state index in [-0.39, 0.29) is 0 Å². The van der Waals surface area contributed by atoms with E-state index < -0.39 is 0 Å². The largest absolute Gasteiger partial charge is 0.473 e. The molecule has 0 bridgehead atoms. The predicted octanol–water partition coefficient (Wildman–Crippen LogP) is 2.21. The zero-order chi connectivity index (χ0) is 10.5. The first-order valence-electron chi connectivity index (χ1n) is 4.33. The molecule has 2 heterocycles. The van der Waals surface area contributed by atoms with Gasteiger partial charge in [-0.3, -0.25) is 0 Å². The van der Waals surface area contributed by atoms with Crippen LogP contribution < -0.4 is 4.74 Å². The summed E-state index contributed by atoms with van der Waals surface area (Å²) in [5, 5.41) is 0. The van der Waals surface area contributed by atoms with Gasteiger partial charge in [0, 0.05) is 34.7 Å². The van der Waals surface area contributed by atoms with Crippen LogP contribution in [0, 0.1) is 0 Å². The first kappa shape index (κ1) is 10.0. The van der Waals surface area contributed by atoms with Crippen molar-refractivity contribution in [3.05, 3.63) is 47.1 Å². The number of pyridine rings is 1. The molecule has 0 saturated heterocycles. The molecular weight excluding hydrogens is 258 g/mol. The third-order valence-corrected chi connectivity index (χ3v) is 2.19. The van der Waals surface area contributed by atoms with Crippen molar-refractivity contribution >= 4 is 15.9 Å². The quantitative estimate of drug-likeness (QED) is 0.854. The van der Waals surface area contributed by atoms with Crippen molar-refractivity contribution in [2.24, 2.45) is 0 Å². The predicted molar refractivity (Wildman–Crippen MR) is 58.3 cm³/mol. The highest BCUT2D eigenvalue weighted by Crippen LogP contribution is 2.15. The van der Waals surface area contributed by atoms with Crippen molar-refractivity contribution in [3.8, 4) is 5.88 Å². The first-order valence-corrected chi connectivity index (χ1v) is 5.12. The van der Waals surface area contributed by atoms with E-state index in [1.807, 2.05) is 12.1 Å². The molecular formula is C10H8BrN3O. The number of ether oxygens (including phenoxy) is 1. The zero-order valence-electron chi connectivity index (χ0n) is 7.80. The highest BCUT2D eigenvalue weighted by molar-refractivity contribution is 9.10. The molecule has 15 heavy (non-hydrogen) atoms. The van der Waals surface area contributed by atoms with Crippen LogP contribution in [0.3, 0.4) is 0 Å². The van der Waals surface area contributed by atoms with Crippen molar-refractivity contribution in [2.45, 2.75) is 6.61 Å². The maximum absolute atomic E-state index is 5.45. The van der Waals surface area contributed by atoms with Crippen LogP contribution in [0.15, 0.2) is 41.5 Å². The summed E-state index contributed by atoms with van der Waals surface area (Å²) in [4.78, 5) is 11.8. The van der Waals surface area contributed by atoms with E-state index in [4.69, 9.17) is 4.74 Å². The molecule has 2 rings (SSSR count). The second-order valence-electron chi connectivity index (χ2n) is 2.85. The third kappa shape index (κ3) is 2.99. The van der Waals surface area contributed by atoms with Gasteiger partial charge in [0.05, 0.1) is 0 Å². The minimum atomic E-state index is 0.421. The minimum absolute atomic E-state index is 0.421. The van der Waals surface area contributed by atoms with Gasteiger partial charge in [0.1, 0.15) is 12.9 Å². The molecule has 0 aliphatic heterocycles. The van der Waals surface area contributed by atoms with E-state index in [9.17, 15) is 0 Å². The van der Waals surface area contributed by atoms with Crippen LogP contribution in [0.2, 0.25) is 0 Å². The van der Waals surface area contributed by atoms with Gasteiger partial charge < -0.3 is 4.74 Å². The number of rotatable bonds is 3. The van der Waals surface area contributed by atoms with Gasteiger partial charge in [-0.05, 0) is 6.07 Å². The highest BCUT2D eigenvalue weighted by Gasteiger charge is 1.97. The Morgan fingerprint density at radius 3 is 2.80 bits per heavy atom. The maximum atomic E-state index is 5.45. The summed E-state index contributed by atoms with van der Waals surface area (Å²) in [6.07, 6.45) is 6.59. The molecule has 2 aromatic rings. The molecule has 0 radical (unpaired) electrons. The van der Waals surface area contributed by atoms with Crippen LogP contribution >= 0.6 is 15.9 Å². The van der Waals surface area contributed by atoms with Gasteiger partial charge in [0.25, 0.3) is 0 Å². The molecule has 0 spiro atoms. The lowest BCUT2D eigenvalue weighted by Gasteiger charge is -2.04. The fraction of sp³-hybridized carbons (Fsp3) is 0.100. The number of aromatic nitrogens is 3. The Morgan fingerprint density at radius 2 is 2.07 bits per heavy atom. The number of hydrogen-bond donors (Lipinski definition) is 0. The number of halogens is 1. The van der Waals surface area contributed by atoms with Crippen LogP contribution in [0.5, 0.6) is 5.88 Å². The van der Waals surface area contributed by atoms with Gasteiger partial charge in [-0.15, -0.1) is 0 Å². The fourth-order valence-electron chi connectivity index (χ4n) is 1.03. The van der Waals surface area contributed by atoms with Crippen LogP contribution in [-0.2, 0) is 6.61 Å². The zero-order valence-corrected chi connectivity index (χ0v) is 9.39. The van der Waals surface area contributed by atoms with E-state index in [2.05, 4.69) is 30.9 Å². The topological polar surface area (TPSA) is 47.9 Å². The molecule has 0 N–H and O–H groups in total. The van der Waals surface area contributed by atoms with E-state index >= 15 is 0 Å². The second-order valence-corrected chi connectivity index (χ2v) is 3.76. The Morgan fingerprint density at radius 1 is 1.27 bits per heavy atom. The molecule has 76 valence electrons. The maximum Gasteiger partial charge on any atom is 0.214 e. The van der Waals surface area contributed by atoms with Crippen molar-refractivity contribution in [3.63, 3.8) is 0 Å². The fourth-order valence-corrected chi connectivity index (χ4v) is 1.34. The molecule has 0 aliphatic carbocycles. The lowest BCUT2D eigenvalue weighted by Crippen LogP contribution is -1.97. The van der Waals surface area contributed by atoms with Gasteiger partial charge in [-0.25, -0.2) is 15.0 Å². The van der Waals surface area contributed by atoms with Crippen LogP contribution in [0.1, 0.15) is 5.56 Å². The van der Waals surface area contributed by atoms with Gasteiger partial charge in [0.2, 0.25) is 5.88 Å². The molecule has 0 aliphatic rings. The van der Waals surface area contributed by atoms with Crippen molar-refractivity contribution in [1.82, 2.24) is 15.0 Å². The normalized spacial score (nSPS) is 9.93. The Balaban J connectivity index is 1.99. The van der Waals surface area contributed by atoms with Gasteiger partial charge in [-0.2, -0.15) is 0 Å². The van der Waals surface area contributed by atoms with Gasteiger partial charge in [0.15, 0.2) is 0 Å². The molecule has 0 fully saturated rings. The Kier molecular flexibility index (Phi) is 3.24. The minimum Gasteiger partial charge on any atom is -0.473 e. The van der Waals surface area contributed by atoms with Crippen LogP contribution in [0.4, 0.5) is 0 Å². The van der Waals surface area contributed by atoms with Crippen LogP contribution in [-0.4, -0.2) is 15.0 Å². The number of hydrogen-bond acceptors (Lipinski definition) is 4. The molecule has 0 saturated carbocycles. The Bertz CT molecular complexity index is 436. The SMILES string of the molecule is Brc1ccnc(OCc2cncnc2)c1. The summed E-state index contributed by atoms with van der Waals surface area (Å²) in [5.74, 6) is 0.577. The summed E-state index contributed by atoms with van der Waals surface area (Å²) >= 11 is 3.34. The average molecular weight is 266 g/mol. The summed E-state index contributed by atoms with van der Waals surface area (Å²) in [7, 11) is 0. The van der Waals surface area contributed by atoms with Gasteiger partial charge >= 0.3 is 0 Å². The van der Waals surface area contributed by atoms with E-state index in [1.165, 1.54) is 6.33 Å². The van der Waals surface area contributed by atoms with E-state index in [0.717, 1.165) is 10.0 Å². The molecule has 0 atom stereocenters. The van der Waals surface area contributed by atoms with Gasteiger partial charge in [-0.1, -0.05) is 15.9 Å². The third-order valence-electron chi connectivity index (χ3n) is 1.70. The molecule has 0 unspecified atom stereocenters. The van der Waals surface area contributed by atoms with Crippen LogP contribution in [0.25, 0.3) is 0 Å². The Hall–Kier alpha value is -1.49. The lowest BCUT2D eigenvalue weighted by molar-refractivity contribution is 0.293. The van der Waals surface area contributed by atoms with Crippen molar-refractivity contribution in [1.29, 1.82) is 0 Å². The summed E-state index contributed by atoms with van der Waals surface area (Å²) in [6, 6.07) is 3.66. The summed E-state index contributed by atoms with van der Waals surface area (Å²) in [5.41, 5.74) is 0.916. The monoisotopic (exact) mass is 265 g/mol. The molecule has 5 heteroatoms. The second kappa shape index (κ2) is 4.84. The lowest BCUT2D eigenvalue weighted by atomic mass is 10.4. The smallest absolute Gasteiger partial charge is 0.214 e. The highest BCUT2D eigenvalue weighted by atomic mass is 79.9. The number of nitrogens with zero attached hydrogens (tertiary/aromatic N) is 3. The molecule has 2 aromatic heterocycles. The van der Waals surface area contributed by atoms with Crippen molar-refractivity contribution in [2.75, 3.05) is 0 Å². The summed E-state index contributed by atoms with van der Waals surface area (Å²) < 4.78 is 6.39. The molecule has 0 amide bonds. The molecule has 4 nitrogen and oxygen atoms in total. The molecule has 0 aromatic carbocycles. The first-order chi connectivity index (χ1) is 7.34. The average Bonchev–Trinajstić information content (AvgIpc) is 2.28.